The number of ether oxygens (including phenoxy) is 1. The van der Waals surface area contributed by atoms with E-state index in [4.69, 9.17) is 4.74 Å². The summed E-state index contributed by atoms with van der Waals surface area (Å²) in [4.78, 5) is 8.88. The number of nitrogens with zero attached hydrogens (tertiary/aromatic N) is 4. The predicted octanol–water partition coefficient (Wildman–Crippen LogP) is 4.73. The van der Waals surface area contributed by atoms with Crippen molar-refractivity contribution >= 4 is 17.4 Å². The highest BCUT2D eigenvalue weighted by atomic mass is 32.2. The van der Waals surface area contributed by atoms with Crippen LogP contribution in [0.2, 0.25) is 0 Å². The Labute approximate surface area is 172 Å². The average Bonchev–Trinajstić information content (AvgIpc) is 2.95. The van der Waals surface area contributed by atoms with Gasteiger partial charge in [0.25, 0.3) is 0 Å². The summed E-state index contributed by atoms with van der Waals surface area (Å²) in [6.07, 6.45) is 3.10. The Morgan fingerprint density at radius 1 is 0.931 bits per heavy atom. The number of anilines is 1. The number of hydrogen-bond donors (Lipinski definition) is 1. The molecule has 0 unspecified atom stereocenters. The van der Waals surface area contributed by atoms with E-state index >= 15 is 0 Å². The summed E-state index contributed by atoms with van der Waals surface area (Å²) in [6.45, 7) is 0. The molecule has 2 aromatic carbocycles. The molecule has 1 atom stereocenters. The molecule has 5 rings (SSSR count). The molecule has 1 aliphatic heterocycles. The van der Waals surface area contributed by atoms with Crippen LogP contribution in [0, 0.1) is 0 Å². The van der Waals surface area contributed by atoms with E-state index in [0.717, 1.165) is 22.6 Å². The first-order chi connectivity index (χ1) is 14.4. The molecule has 0 saturated carbocycles. The van der Waals surface area contributed by atoms with Crippen molar-refractivity contribution in [1.29, 1.82) is 0 Å². The summed E-state index contributed by atoms with van der Waals surface area (Å²) < 4.78 is 6.24. The number of pyridine rings is 1. The molecule has 142 valence electrons. The number of benzene rings is 2. The Balaban J connectivity index is 1.50. The van der Waals surface area contributed by atoms with E-state index in [1.54, 1.807) is 12.4 Å². The maximum Gasteiger partial charge on any atom is 0.247 e. The first-order valence-corrected chi connectivity index (χ1v) is 10.2. The van der Waals surface area contributed by atoms with Crippen LogP contribution in [0.5, 0.6) is 5.88 Å². The predicted molar refractivity (Wildman–Crippen MR) is 112 cm³/mol. The summed E-state index contributed by atoms with van der Waals surface area (Å²) in [5, 5.41) is 12.8. The zero-order chi connectivity index (χ0) is 19.5. The lowest BCUT2D eigenvalue weighted by atomic mass is 10.1. The van der Waals surface area contributed by atoms with Gasteiger partial charge in [0.2, 0.25) is 11.0 Å². The molecule has 3 heterocycles. The molecule has 0 saturated heterocycles. The maximum absolute atomic E-state index is 6.24. The van der Waals surface area contributed by atoms with Crippen molar-refractivity contribution in [3.8, 4) is 17.1 Å². The molecule has 1 aliphatic rings. The molecule has 4 aromatic rings. The fourth-order valence-electron chi connectivity index (χ4n) is 3.11. The van der Waals surface area contributed by atoms with Crippen molar-refractivity contribution in [1.82, 2.24) is 20.2 Å². The number of hydrogen-bond acceptors (Lipinski definition) is 7. The quantitative estimate of drug-likeness (QED) is 0.497. The van der Waals surface area contributed by atoms with E-state index in [-0.39, 0.29) is 0 Å². The van der Waals surface area contributed by atoms with Crippen molar-refractivity contribution in [2.24, 2.45) is 0 Å². The van der Waals surface area contributed by atoms with Crippen molar-refractivity contribution in [3.05, 3.63) is 90.3 Å². The van der Waals surface area contributed by atoms with E-state index in [1.807, 2.05) is 54.6 Å². The minimum Gasteiger partial charge on any atom is -0.448 e. The molecule has 2 aromatic heterocycles. The fourth-order valence-corrected chi connectivity index (χ4v) is 3.85. The van der Waals surface area contributed by atoms with Crippen molar-refractivity contribution in [2.75, 3.05) is 5.32 Å². The van der Waals surface area contributed by atoms with Crippen LogP contribution in [-0.4, -0.2) is 20.2 Å². The SMILES string of the molecule is c1ccc(CSc2nnc3c(n2)O[C@@H](c2cccnc2)Nc2ccccc2-3)cc1. The van der Waals surface area contributed by atoms with Crippen LogP contribution in [0.15, 0.2) is 84.3 Å². The fraction of sp³-hybridized carbons (Fsp3) is 0.0909. The monoisotopic (exact) mass is 399 g/mol. The molecule has 6 nitrogen and oxygen atoms in total. The van der Waals surface area contributed by atoms with Crippen LogP contribution in [-0.2, 0) is 5.75 Å². The smallest absolute Gasteiger partial charge is 0.247 e. The topological polar surface area (TPSA) is 72.8 Å². The summed E-state index contributed by atoms with van der Waals surface area (Å²) in [5.41, 5.74) is 4.57. The van der Waals surface area contributed by atoms with Gasteiger partial charge in [-0.2, -0.15) is 4.98 Å². The van der Waals surface area contributed by atoms with Gasteiger partial charge in [-0.05, 0) is 17.7 Å². The molecule has 0 aliphatic carbocycles. The highest BCUT2D eigenvalue weighted by Crippen LogP contribution is 2.39. The number of para-hydroxylation sites is 1. The average molecular weight is 399 g/mol. The van der Waals surface area contributed by atoms with Gasteiger partial charge in [0.05, 0.1) is 0 Å². The lowest BCUT2D eigenvalue weighted by Crippen LogP contribution is -2.17. The zero-order valence-corrected chi connectivity index (χ0v) is 16.2. The van der Waals surface area contributed by atoms with Gasteiger partial charge in [0, 0.05) is 35.0 Å². The second-order valence-corrected chi connectivity index (χ2v) is 7.44. The van der Waals surface area contributed by atoms with Crippen molar-refractivity contribution in [2.45, 2.75) is 17.1 Å². The molecule has 7 heteroatoms. The van der Waals surface area contributed by atoms with E-state index < -0.39 is 6.23 Å². The number of thioether (sulfide) groups is 1. The van der Waals surface area contributed by atoms with Crippen LogP contribution in [0.1, 0.15) is 17.4 Å². The summed E-state index contributed by atoms with van der Waals surface area (Å²) >= 11 is 1.53. The van der Waals surface area contributed by atoms with Gasteiger partial charge in [0.15, 0.2) is 11.9 Å². The van der Waals surface area contributed by atoms with Gasteiger partial charge in [-0.15, -0.1) is 10.2 Å². The van der Waals surface area contributed by atoms with Crippen LogP contribution in [0.3, 0.4) is 0 Å². The minimum absolute atomic E-state index is 0.422. The molecular weight excluding hydrogens is 382 g/mol. The second-order valence-electron chi connectivity index (χ2n) is 6.50. The van der Waals surface area contributed by atoms with E-state index in [0.29, 0.717) is 16.7 Å². The van der Waals surface area contributed by atoms with Gasteiger partial charge in [-0.3, -0.25) is 4.98 Å². The Morgan fingerprint density at radius 3 is 2.66 bits per heavy atom. The van der Waals surface area contributed by atoms with E-state index in [9.17, 15) is 0 Å². The minimum atomic E-state index is -0.422. The second kappa shape index (κ2) is 7.89. The summed E-state index contributed by atoms with van der Waals surface area (Å²) in [7, 11) is 0. The van der Waals surface area contributed by atoms with Crippen LogP contribution in [0.4, 0.5) is 5.69 Å². The number of fused-ring (bicyclic) bond motifs is 3. The Morgan fingerprint density at radius 2 is 1.79 bits per heavy atom. The van der Waals surface area contributed by atoms with Gasteiger partial charge < -0.3 is 10.1 Å². The third kappa shape index (κ3) is 3.77. The summed E-state index contributed by atoms with van der Waals surface area (Å²) in [6, 6.07) is 22.0. The Bertz CT molecular complexity index is 1120. The highest BCUT2D eigenvalue weighted by molar-refractivity contribution is 7.98. The lowest BCUT2D eigenvalue weighted by molar-refractivity contribution is 0.225. The maximum atomic E-state index is 6.24. The largest absolute Gasteiger partial charge is 0.448 e. The van der Waals surface area contributed by atoms with Crippen LogP contribution in [0.25, 0.3) is 11.3 Å². The van der Waals surface area contributed by atoms with Crippen LogP contribution < -0.4 is 10.1 Å². The Kier molecular flexibility index (Phi) is 4.80. The normalized spacial score (nSPS) is 14.7. The van der Waals surface area contributed by atoms with Gasteiger partial charge in [0.1, 0.15) is 0 Å². The summed E-state index contributed by atoms with van der Waals surface area (Å²) in [5.74, 6) is 1.23. The highest BCUT2D eigenvalue weighted by Gasteiger charge is 2.26. The standard InChI is InChI=1S/C22H17N5OS/c1-2-7-15(8-3-1)14-29-22-25-21-19(26-27-22)17-10-4-5-11-18(17)24-20(28-21)16-9-6-12-23-13-16/h1-13,20,24H,14H2/t20-/m0/s1. The lowest BCUT2D eigenvalue weighted by Gasteiger charge is -2.18. The van der Waals surface area contributed by atoms with E-state index in [2.05, 4.69) is 37.6 Å². The van der Waals surface area contributed by atoms with Gasteiger partial charge in [-0.1, -0.05) is 66.4 Å². The number of rotatable bonds is 4. The van der Waals surface area contributed by atoms with Crippen molar-refractivity contribution < 1.29 is 4.74 Å². The molecule has 0 fully saturated rings. The molecule has 0 amide bonds. The number of nitrogens with one attached hydrogen (secondary N) is 1. The first-order valence-electron chi connectivity index (χ1n) is 9.21. The molecular formula is C22H17N5OS. The third-order valence-corrected chi connectivity index (χ3v) is 5.44. The van der Waals surface area contributed by atoms with E-state index in [1.165, 1.54) is 17.3 Å². The van der Waals surface area contributed by atoms with Gasteiger partial charge >= 0.3 is 0 Å². The third-order valence-electron chi connectivity index (χ3n) is 4.53. The molecule has 1 N–H and O–H groups in total. The molecule has 0 bridgehead atoms. The first kappa shape index (κ1) is 17.6. The van der Waals surface area contributed by atoms with Crippen molar-refractivity contribution in [3.63, 3.8) is 0 Å². The zero-order valence-electron chi connectivity index (χ0n) is 15.4. The molecule has 0 radical (unpaired) electrons. The number of aromatic nitrogens is 4. The molecule has 29 heavy (non-hydrogen) atoms. The molecule has 0 spiro atoms. The Hall–Kier alpha value is -3.45. The van der Waals surface area contributed by atoms with Crippen LogP contribution >= 0.6 is 11.8 Å². The van der Waals surface area contributed by atoms with Gasteiger partial charge in [-0.25, -0.2) is 0 Å².